The summed E-state index contributed by atoms with van der Waals surface area (Å²) in [5.41, 5.74) is 2.10. The predicted octanol–water partition coefficient (Wildman–Crippen LogP) is 2.82. The number of carbonyl (C=O) groups excluding carboxylic acids is 1. The molecule has 0 spiro atoms. The SMILES string of the molecule is Cc1cc(Br)ccc1CC(=O)NCC(O)CC(C)C. The van der Waals surface area contributed by atoms with Crippen LogP contribution in [-0.2, 0) is 11.2 Å². The fourth-order valence-electron chi connectivity index (χ4n) is 1.95. The molecule has 0 saturated heterocycles. The molecular weight excluding hydrogens is 306 g/mol. The van der Waals surface area contributed by atoms with E-state index in [1.165, 1.54) is 0 Å². The van der Waals surface area contributed by atoms with Gasteiger partial charge in [-0.05, 0) is 42.5 Å². The Balaban J connectivity index is 2.43. The highest BCUT2D eigenvalue weighted by Crippen LogP contribution is 2.16. The molecule has 2 N–H and O–H groups in total. The Morgan fingerprint density at radius 1 is 1.42 bits per heavy atom. The van der Waals surface area contributed by atoms with Crippen LogP contribution in [0.4, 0.5) is 0 Å². The highest BCUT2D eigenvalue weighted by molar-refractivity contribution is 9.10. The van der Waals surface area contributed by atoms with Gasteiger partial charge < -0.3 is 10.4 Å². The van der Waals surface area contributed by atoms with Crippen molar-refractivity contribution in [2.75, 3.05) is 6.54 Å². The molecule has 106 valence electrons. The Labute approximate surface area is 123 Å². The third-order valence-electron chi connectivity index (χ3n) is 2.93. The van der Waals surface area contributed by atoms with Crippen LogP contribution in [0.15, 0.2) is 22.7 Å². The number of halogens is 1. The van der Waals surface area contributed by atoms with E-state index in [0.717, 1.165) is 15.6 Å². The zero-order valence-corrected chi connectivity index (χ0v) is 13.3. The highest BCUT2D eigenvalue weighted by Gasteiger charge is 2.10. The average Bonchev–Trinajstić information content (AvgIpc) is 2.29. The lowest BCUT2D eigenvalue weighted by molar-refractivity contribution is -0.120. The average molecular weight is 328 g/mol. The van der Waals surface area contributed by atoms with E-state index in [0.29, 0.717) is 25.3 Å². The van der Waals surface area contributed by atoms with Gasteiger partial charge in [-0.3, -0.25) is 4.79 Å². The van der Waals surface area contributed by atoms with Gasteiger partial charge >= 0.3 is 0 Å². The van der Waals surface area contributed by atoms with Crippen LogP contribution >= 0.6 is 15.9 Å². The Hall–Kier alpha value is -0.870. The van der Waals surface area contributed by atoms with Crippen molar-refractivity contribution in [3.63, 3.8) is 0 Å². The molecule has 0 saturated carbocycles. The summed E-state index contributed by atoms with van der Waals surface area (Å²) < 4.78 is 1.02. The van der Waals surface area contributed by atoms with E-state index in [1.807, 2.05) is 25.1 Å². The van der Waals surface area contributed by atoms with Gasteiger partial charge in [0, 0.05) is 11.0 Å². The molecule has 19 heavy (non-hydrogen) atoms. The number of hydrogen-bond acceptors (Lipinski definition) is 2. The van der Waals surface area contributed by atoms with Gasteiger partial charge in [-0.1, -0.05) is 35.8 Å². The molecule has 1 rings (SSSR count). The zero-order valence-electron chi connectivity index (χ0n) is 11.7. The Bertz CT molecular complexity index is 432. The van der Waals surface area contributed by atoms with Crippen molar-refractivity contribution in [1.29, 1.82) is 0 Å². The van der Waals surface area contributed by atoms with E-state index < -0.39 is 6.10 Å². The second-order valence-electron chi connectivity index (χ2n) is 5.34. The van der Waals surface area contributed by atoms with Crippen LogP contribution in [0.25, 0.3) is 0 Å². The summed E-state index contributed by atoms with van der Waals surface area (Å²) in [6.45, 7) is 6.42. The number of amides is 1. The Kier molecular flexibility index (Phi) is 6.52. The summed E-state index contributed by atoms with van der Waals surface area (Å²) in [4.78, 5) is 11.8. The normalized spacial score (nSPS) is 12.5. The van der Waals surface area contributed by atoms with Crippen molar-refractivity contribution in [3.05, 3.63) is 33.8 Å². The first-order valence-electron chi connectivity index (χ1n) is 6.58. The van der Waals surface area contributed by atoms with Crippen LogP contribution in [0.1, 0.15) is 31.4 Å². The third-order valence-corrected chi connectivity index (χ3v) is 3.43. The number of benzene rings is 1. The number of aryl methyl sites for hydroxylation is 1. The molecule has 3 nitrogen and oxygen atoms in total. The number of carbonyl (C=O) groups is 1. The number of aliphatic hydroxyl groups is 1. The lowest BCUT2D eigenvalue weighted by Crippen LogP contribution is -2.33. The molecule has 1 aromatic rings. The molecule has 0 aliphatic carbocycles. The first-order chi connectivity index (χ1) is 8.88. The predicted molar refractivity (Wildman–Crippen MR) is 81.1 cm³/mol. The molecule has 0 heterocycles. The van der Waals surface area contributed by atoms with Gasteiger partial charge in [0.1, 0.15) is 0 Å². The zero-order chi connectivity index (χ0) is 14.4. The van der Waals surface area contributed by atoms with Crippen molar-refractivity contribution in [3.8, 4) is 0 Å². The molecule has 0 bridgehead atoms. The Morgan fingerprint density at radius 2 is 2.11 bits per heavy atom. The first-order valence-corrected chi connectivity index (χ1v) is 7.37. The van der Waals surface area contributed by atoms with Crippen LogP contribution in [0.3, 0.4) is 0 Å². The van der Waals surface area contributed by atoms with Crippen molar-refractivity contribution in [1.82, 2.24) is 5.32 Å². The monoisotopic (exact) mass is 327 g/mol. The van der Waals surface area contributed by atoms with Crippen molar-refractivity contribution in [2.45, 2.75) is 39.7 Å². The van der Waals surface area contributed by atoms with Crippen molar-refractivity contribution >= 4 is 21.8 Å². The van der Waals surface area contributed by atoms with Crippen LogP contribution in [0.5, 0.6) is 0 Å². The molecule has 1 unspecified atom stereocenters. The first kappa shape index (κ1) is 16.2. The van der Waals surface area contributed by atoms with Crippen LogP contribution in [0.2, 0.25) is 0 Å². The summed E-state index contributed by atoms with van der Waals surface area (Å²) in [5, 5.41) is 12.5. The van der Waals surface area contributed by atoms with E-state index in [4.69, 9.17) is 0 Å². The highest BCUT2D eigenvalue weighted by atomic mass is 79.9. The topological polar surface area (TPSA) is 49.3 Å². The quantitative estimate of drug-likeness (QED) is 0.844. The third kappa shape index (κ3) is 6.21. The van der Waals surface area contributed by atoms with Gasteiger partial charge in [0.2, 0.25) is 5.91 Å². The minimum absolute atomic E-state index is 0.0479. The molecule has 0 aliphatic rings. The molecule has 4 heteroatoms. The number of aliphatic hydroxyl groups excluding tert-OH is 1. The second kappa shape index (κ2) is 7.65. The van der Waals surface area contributed by atoms with Gasteiger partial charge in [-0.15, -0.1) is 0 Å². The van der Waals surface area contributed by atoms with Gasteiger partial charge in [0.15, 0.2) is 0 Å². The maximum atomic E-state index is 11.8. The van der Waals surface area contributed by atoms with E-state index in [9.17, 15) is 9.90 Å². The summed E-state index contributed by atoms with van der Waals surface area (Å²) in [7, 11) is 0. The number of nitrogens with one attached hydrogen (secondary N) is 1. The minimum Gasteiger partial charge on any atom is -0.391 e. The minimum atomic E-state index is -0.463. The summed E-state index contributed by atoms with van der Waals surface area (Å²) >= 11 is 3.40. The van der Waals surface area contributed by atoms with E-state index >= 15 is 0 Å². The standard InChI is InChI=1S/C15H22BrNO2/c1-10(2)6-14(18)9-17-15(19)8-12-4-5-13(16)7-11(12)3/h4-5,7,10,14,18H,6,8-9H2,1-3H3,(H,17,19). The van der Waals surface area contributed by atoms with Gasteiger partial charge in [-0.25, -0.2) is 0 Å². The van der Waals surface area contributed by atoms with Crippen LogP contribution in [-0.4, -0.2) is 23.7 Å². The molecule has 0 aromatic heterocycles. The molecule has 0 fully saturated rings. The molecule has 1 atom stereocenters. The van der Waals surface area contributed by atoms with Crippen LogP contribution in [0, 0.1) is 12.8 Å². The Morgan fingerprint density at radius 3 is 2.68 bits per heavy atom. The molecule has 1 aromatic carbocycles. The molecule has 0 aliphatic heterocycles. The number of hydrogen-bond donors (Lipinski definition) is 2. The van der Waals surface area contributed by atoms with E-state index in [1.54, 1.807) is 0 Å². The number of rotatable bonds is 6. The summed E-state index contributed by atoms with van der Waals surface area (Å²) in [6, 6.07) is 5.88. The largest absolute Gasteiger partial charge is 0.391 e. The van der Waals surface area contributed by atoms with Gasteiger partial charge in [0.25, 0.3) is 0 Å². The molecule has 0 radical (unpaired) electrons. The van der Waals surface area contributed by atoms with Crippen molar-refractivity contribution in [2.24, 2.45) is 5.92 Å². The summed E-state index contributed by atoms with van der Waals surface area (Å²) in [5.74, 6) is 0.383. The fraction of sp³-hybridized carbons (Fsp3) is 0.533. The van der Waals surface area contributed by atoms with Gasteiger partial charge in [-0.2, -0.15) is 0 Å². The van der Waals surface area contributed by atoms with E-state index in [-0.39, 0.29) is 5.91 Å². The van der Waals surface area contributed by atoms with E-state index in [2.05, 4.69) is 35.1 Å². The maximum absolute atomic E-state index is 11.8. The van der Waals surface area contributed by atoms with Crippen molar-refractivity contribution < 1.29 is 9.90 Å². The molecule has 1 amide bonds. The molecular formula is C15H22BrNO2. The smallest absolute Gasteiger partial charge is 0.224 e. The fourth-order valence-corrected chi connectivity index (χ4v) is 2.43. The second-order valence-corrected chi connectivity index (χ2v) is 6.25. The van der Waals surface area contributed by atoms with Crippen LogP contribution < -0.4 is 5.32 Å². The maximum Gasteiger partial charge on any atom is 0.224 e. The lowest BCUT2D eigenvalue weighted by Gasteiger charge is -2.14. The lowest BCUT2D eigenvalue weighted by atomic mass is 10.0. The summed E-state index contributed by atoms with van der Waals surface area (Å²) in [6.07, 6.45) is 0.598. The van der Waals surface area contributed by atoms with Gasteiger partial charge in [0.05, 0.1) is 12.5 Å².